The number of pyridine rings is 1. The average molecular weight is 409 g/mol. The van der Waals surface area contributed by atoms with E-state index in [4.69, 9.17) is 0 Å². The van der Waals surface area contributed by atoms with E-state index < -0.39 is 17.8 Å². The van der Waals surface area contributed by atoms with E-state index in [0.29, 0.717) is 18.4 Å². The lowest BCUT2D eigenvalue weighted by Gasteiger charge is -2.43. The Labute approximate surface area is 175 Å². The van der Waals surface area contributed by atoms with Crippen molar-refractivity contribution in [2.24, 2.45) is 23.7 Å². The number of carbonyl (C=O) groups excluding carboxylic acids is 1. The molecule has 0 radical (unpaired) electrons. The summed E-state index contributed by atoms with van der Waals surface area (Å²) < 4.78 is 29.2. The zero-order valence-corrected chi connectivity index (χ0v) is 17.1. The zero-order valence-electron chi connectivity index (χ0n) is 17.1. The van der Waals surface area contributed by atoms with Gasteiger partial charge in [0.05, 0.1) is 11.6 Å². The van der Waals surface area contributed by atoms with Crippen molar-refractivity contribution >= 4 is 5.91 Å². The molecule has 5 atom stereocenters. The number of nitriles is 1. The summed E-state index contributed by atoms with van der Waals surface area (Å²) >= 11 is 0. The molecule has 30 heavy (non-hydrogen) atoms. The summed E-state index contributed by atoms with van der Waals surface area (Å²) in [5.74, 6) is -4.74. The SMILES string of the molecule is C[C@H]1NC(=O)[C@@H]2CC(F)(F)[C@@H](C)[C@H](CCc3ccc(-c4ccccc4C#N)cn3)[C@H]12. The lowest BCUT2D eigenvalue weighted by atomic mass is 9.63. The van der Waals surface area contributed by atoms with Crippen LogP contribution in [0.4, 0.5) is 8.78 Å². The number of nitrogens with zero attached hydrogens (tertiary/aromatic N) is 2. The maximum absolute atomic E-state index is 14.6. The van der Waals surface area contributed by atoms with Gasteiger partial charge in [-0.25, -0.2) is 8.78 Å². The van der Waals surface area contributed by atoms with Gasteiger partial charge in [-0.1, -0.05) is 31.2 Å². The van der Waals surface area contributed by atoms with Crippen LogP contribution in [0.2, 0.25) is 0 Å². The van der Waals surface area contributed by atoms with Gasteiger partial charge in [0.25, 0.3) is 5.92 Å². The Morgan fingerprint density at radius 3 is 2.70 bits per heavy atom. The number of benzene rings is 1. The van der Waals surface area contributed by atoms with Crippen LogP contribution in [0, 0.1) is 35.0 Å². The van der Waals surface area contributed by atoms with Gasteiger partial charge in [0.1, 0.15) is 0 Å². The first kappa shape index (κ1) is 20.5. The van der Waals surface area contributed by atoms with Crippen LogP contribution in [0.25, 0.3) is 11.1 Å². The van der Waals surface area contributed by atoms with Gasteiger partial charge >= 0.3 is 0 Å². The van der Waals surface area contributed by atoms with Crippen molar-refractivity contribution in [3.63, 3.8) is 0 Å². The number of alkyl halides is 2. The fourth-order valence-electron chi connectivity index (χ4n) is 5.30. The molecule has 1 aliphatic carbocycles. The van der Waals surface area contributed by atoms with Crippen molar-refractivity contribution in [2.75, 3.05) is 0 Å². The fraction of sp³-hybridized carbons (Fsp3) is 0.458. The van der Waals surface area contributed by atoms with Gasteiger partial charge < -0.3 is 5.32 Å². The molecule has 1 amide bonds. The van der Waals surface area contributed by atoms with E-state index in [1.54, 1.807) is 19.2 Å². The molecule has 4 nitrogen and oxygen atoms in total. The second-order valence-electron chi connectivity index (χ2n) is 8.63. The third-order valence-corrected chi connectivity index (χ3v) is 6.96. The minimum atomic E-state index is -2.83. The highest BCUT2D eigenvalue weighted by atomic mass is 19.3. The first-order chi connectivity index (χ1) is 14.3. The molecule has 1 N–H and O–H groups in total. The van der Waals surface area contributed by atoms with E-state index in [2.05, 4.69) is 16.4 Å². The van der Waals surface area contributed by atoms with Crippen molar-refractivity contribution in [3.8, 4) is 17.2 Å². The Bertz CT molecular complexity index is 983. The number of nitrogens with one attached hydrogen (secondary N) is 1. The lowest BCUT2D eigenvalue weighted by molar-refractivity contribution is -0.150. The van der Waals surface area contributed by atoms with Crippen LogP contribution in [0.5, 0.6) is 0 Å². The standard InChI is InChI=1S/C24H25F2N3O/c1-14-19(22-15(2)29-23(30)21(22)11-24(14,25)26)10-9-18-8-7-17(13-28-18)20-6-4-3-5-16(20)12-27/h3-8,13-15,19,21-22H,9-11H2,1-2H3,(H,29,30)/t14-,15+,19-,21+,22-/m0/s1. The quantitative estimate of drug-likeness (QED) is 0.803. The minimum absolute atomic E-state index is 0.0612. The van der Waals surface area contributed by atoms with E-state index in [1.165, 1.54) is 0 Å². The second kappa shape index (κ2) is 7.79. The molecule has 2 aromatic rings. The number of carbonyl (C=O) groups is 1. The van der Waals surface area contributed by atoms with Crippen LogP contribution < -0.4 is 5.32 Å². The largest absolute Gasteiger partial charge is 0.353 e. The van der Waals surface area contributed by atoms with Gasteiger partial charge in [-0.15, -0.1) is 0 Å². The number of amides is 1. The van der Waals surface area contributed by atoms with Gasteiger partial charge in [-0.3, -0.25) is 9.78 Å². The Balaban J connectivity index is 1.51. The molecule has 156 valence electrons. The molecule has 1 saturated carbocycles. The first-order valence-corrected chi connectivity index (χ1v) is 10.4. The van der Waals surface area contributed by atoms with E-state index in [9.17, 15) is 18.8 Å². The first-order valence-electron chi connectivity index (χ1n) is 10.4. The molecular formula is C24H25F2N3O. The van der Waals surface area contributed by atoms with Gasteiger partial charge in [0.15, 0.2) is 0 Å². The van der Waals surface area contributed by atoms with E-state index in [0.717, 1.165) is 16.8 Å². The molecule has 1 aromatic heterocycles. The number of hydrogen-bond donors (Lipinski definition) is 1. The van der Waals surface area contributed by atoms with Crippen LogP contribution in [-0.2, 0) is 11.2 Å². The molecule has 1 aromatic carbocycles. The average Bonchev–Trinajstić information content (AvgIpc) is 3.01. The Kier molecular flexibility index (Phi) is 5.31. The third kappa shape index (κ3) is 3.58. The molecule has 1 aliphatic heterocycles. The van der Waals surface area contributed by atoms with Crippen LogP contribution in [0.15, 0.2) is 42.6 Å². The number of fused-ring (bicyclic) bond motifs is 1. The van der Waals surface area contributed by atoms with Crippen LogP contribution >= 0.6 is 0 Å². The number of hydrogen-bond acceptors (Lipinski definition) is 3. The maximum atomic E-state index is 14.6. The number of aromatic nitrogens is 1. The molecule has 2 aliphatic rings. The Morgan fingerprint density at radius 1 is 1.23 bits per heavy atom. The van der Waals surface area contributed by atoms with Gasteiger partial charge in [0, 0.05) is 47.3 Å². The lowest BCUT2D eigenvalue weighted by Crippen LogP contribution is -2.47. The van der Waals surface area contributed by atoms with Gasteiger partial charge in [-0.2, -0.15) is 5.26 Å². The highest BCUT2D eigenvalue weighted by Crippen LogP contribution is 2.52. The molecule has 2 fully saturated rings. The van der Waals surface area contributed by atoms with E-state index >= 15 is 0 Å². The second-order valence-corrected chi connectivity index (χ2v) is 8.63. The molecule has 2 heterocycles. The smallest absolute Gasteiger partial charge is 0.251 e. The fourth-order valence-corrected chi connectivity index (χ4v) is 5.30. The van der Waals surface area contributed by atoms with E-state index in [1.807, 2.05) is 37.3 Å². The summed E-state index contributed by atoms with van der Waals surface area (Å²) in [6.45, 7) is 3.54. The van der Waals surface area contributed by atoms with E-state index in [-0.39, 0.29) is 30.2 Å². The summed E-state index contributed by atoms with van der Waals surface area (Å²) in [4.78, 5) is 16.7. The summed E-state index contributed by atoms with van der Waals surface area (Å²) in [6.07, 6.45) is 2.53. The zero-order chi connectivity index (χ0) is 21.5. The molecule has 1 saturated heterocycles. The predicted molar refractivity (Wildman–Crippen MR) is 110 cm³/mol. The number of halogens is 2. The van der Waals surface area contributed by atoms with Crippen LogP contribution in [0.3, 0.4) is 0 Å². The summed E-state index contributed by atoms with van der Waals surface area (Å²) in [6, 6.07) is 13.3. The van der Waals surface area contributed by atoms with Crippen molar-refractivity contribution in [3.05, 3.63) is 53.9 Å². The number of aryl methyl sites for hydroxylation is 1. The minimum Gasteiger partial charge on any atom is -0.353 e. The highest BCUT2D eigenvalue weighted by molar-refractivity contribution is 5.82. The normalized spacial score (nSPS) is 29.7. The van der Waals surface area contributed by atoms with Gasteiger partial charge in [0.2, 0.25) is 5.91 Å². The molecule has 0 unspecified atom stereocenters. The summed E-state index contributed by atoms with van der Waals surface area (Å²) in [7, 11) is 0. The highest BCUT2D eigenvalue weighted by Gasteiger charge is 2.58. The Morgan fingerprint density at radius 2 is 2.00 bits per heavy atom. The molecular weight excluding hydrogens is 384 g/mol. The van der Waals surface area contributed by atoms with Crippen LogP contribution in [-0.4, -0.2) is 22.9 Å². The topological polar surface area (TPSA) is 65.8 Å². The van der Waals surface area contributed by atoms with Crippen molar-refractivity contribution in [1.29, 1.82) is 5.26 Å². The van der Waals surface area contributed by atoms with Crippen molar-refractivity contribution in [2.45, 2.75) is 45.1 Å². The summed E-state index contributed by atoms with van der Waals surface area (Å²) in [5.41, 5.74) is 3.10. The molecule has 6 heteroatoms. The molecule has 0 spiro atoms. The number of rotatable bonds is 4. The third-order valence-electron chi connectivity index (χ3n) is 6.96. The predicted octanol–water partition coefficient (Wildman–Crippen LogP) is 4.59. The Hall–Kier alpha value is -2.81. The monoisotopic (exact) mass is 409 g/mol. The molecule has 0 bridgehead atoms. The maximum Gasteiger partial charge on any atom is 0.251 e. The van der Waals surface area contributed by atoms with Gasteiger partial charge in [-0.05, 0) is 43.7 Å². The molecule has 4 rings (SSSR count). The van der Waals surface area contributed by atoms with Crippen LogP contribution in [0.1, 0.15) is 37.9 Å². The summed E-state index contributed by atoms with van der Waals surface area (Å²) in [5, 5.41) is 12.2. The van der Waals surface area contributed by atoms with Crippen molar-refractivity contribution < 1.29 is 13.6 Å². The van der Waals surface area contributed by atoms with Crippen molar-refractivity contribution in [1.82, 2.24) is 10.3 Å².